The number of aromatic amines is 1. The molecule has 7 heteroatoms. The molecule has 0 bridgehead atoms. The van der Waals surface area contributed by atoms with Crippen molar-refractivity contribution < 1.29 is 4.79 Å². The Morgan fingerprint density at radius 2 is 2.00 bits per heavy atom. The third kappa shape index (κ3) is 4.29. The van der Waals surface area contributed by atoms with Crippen LogP contribution in [0.1, 0.15) is 34.6 Å². The minimum Gasteiger partial charge on any atom is -0.356 e. The van der Waals surface area contributed by atoms with Crippen LogP contribution in [-0.4, -0.2) is 44.7 Å². The van der Waals surface area contributed by atoms with Gasteiger partial charge in [-0.25, -0.2) is 4.68 Å². The highest BCUT2D eigenvalue weighted by molar-refractivity contribution is 6.30. The third-order valence-corrected chi connectivity index (χ3v) is 5.40. The number of H-pyrrole nitrogens is 1. The summed E-state index contributed by atoms with van der Waals surface area (Å²) in [5, 5.41) is 8.61. The highest BCUT2D eigenvalue weighted by Gasteiger charge is 2.24. The topological polar surface area (TPSA) is 66.0 Å². The van der Waals surface area contributed by atoms with Crippen LogP contribution in [0.2, 0.25) is 5.02 Å². The molecule has 4 rings (SSSR count). The maximum Gasteiger partial charge on any atom is 0.270 e. The number of carbonyl (C=O) groups excluding carboxylic acids is 1. The van der Waals surface area contributed by atoms with Gasteiger partial charge in [-0.3, -0.25) is 4.79 Å². The minimum atomic E-state index is 0.0230. The van der Waals surface area contributed by atoms with Crippen molar-refractivity contribution in [1.82, 2.24) is 25.0 Å². The summed E-state index contributed by atoms with van der Waals surface area (Å²) in [6.07, 6.45) is 5.51. The fraction of sp³-hybridized carbons (Fsp3) is 0.333. The van der Waals surface area contributed by atoms with E-state index in [1.165, 1.54) is 5.56 Å². The highest BCUT2D eigenvalue weighted by Crippen LogP contribution is 2.17. The van der Waals surface area contributed by atoms with E-state index in [0.717, 1.165) is 43.9 Å². The second-order valence-electron chi connectivity index (χ2n) is 7.25. The summed E-state index contributed by atoms with van der Waals surface area (Å²) in [6, 6.07) is 12.5. The second kappa shape index (κ2) is 8.20. The van der Waals surface area contributed by atoms with Gasteiger partial charge in [-0.1, -0.05) is 23.7 Å². The molecule has 0 unspecified atom stereocenters. The van der Waals surface area contributed by atoms with E-state index in [1.807, 2.05) is 28.8 Å². The van der Waals surface area contributed by atoms with E-state index in [1.54, 1.807) is 12.3 Å². The van der Waals surface area contributed by atoms with Gasteiger partial charge in [-0.2, -0.15) is 5.10 Å². The van der Waals surface area contributed by atoms with Crippen molar-refractivity contribution in [1.29, 1.82) is 0 Å². The molecule has 1 amide bonds. The van der Waals surface area contributed by atoms with Crippen molar-refractivity contribution in [2.24, 2.45) is 0 Å². The average molecular weight is 398 g/mol. The number of nitrogens with one attached hydrogen (secondary N) is 2. The zero-order chi connectivity index (χ0) is 19.5. The molecule has 6 nitrogen and oxygen atoms in total. The van der Waals surface area contributed by atoms with Crippen LogP contribution in [0.15, 0.2) is 48.8 Å². The number of nitrogens with zero attached hydrogens (tertiary/aromatic N) is 3. The van der Waals surface area contributed by atoms with Gasteiger partial charge in [0, 0.05) is 38.1 Å². The van der Waals surface area contributed by atoms with Gasteiger partial charge < -0.3 is 15.2 Å². The fourth-order valence-corrected chi connectivity index (χ4v) is 3.70. The first kappa shape index (κ1) is 18.8. The van der Waals surface area contributed by atoms with Crippen LogP contribution < -0.4 is 5.32 Å². The van der Waals surface area contributed by atoms with Crippen LogP contribution in [0.5, 0.6) is 0 Å². The Balaban J connectivity index is 1.25. The summed E-state index contributed by atoms with van der Waals surface area (Å²) < 4.78 is 1.89. The molecule has 0 aliphatic carbocycles. The molecule has 0 radical (unpaired) electrons. The Morgan fingerprint density at radius 1 is 1.25 bits per heavy atom. The van der Waals surface area contributed by atoms with Gasteiger partial charge in [-0.05, 0) is 49.6 Å². The van der Waals surface area contributed by atoms with Gasteiger partial charge >= 0.3 is 0 Å². The van der Waals surface area contributed by atoms with Gasteiger partial charge in [0.1, 0.15) is 5.69 Å². The largest absolute Gasteiger partial charge is 0.356 e. The quantitative estimate of drug-likeness (QED) is 0.691. The summed E-state index contributed by atoms with van der Waals surface area (Å²) in [4.78, 5) is 17.3. The van der Waals surface area contributed by atoms with Crippen molar-refractivity contribution in [2.45, 2.75) is 32.4 Å². The van der Waals surface area contributed by atoms with Crippen LogP contribution >= 0.6 is 11.6 Å². The zero-order valence-corrected chi connectivity index (χ0v) is 16.6. The molecule has 0 saturated carbocycles. The first-order valence-corrected chi connectivity index (χ1v) is 9.94. The maximum atomic E-state index is 12.5. The molecule has 1 aliphatic rings. The summed E-state index contributed by atoms with van der Waals surface area (Å²) in [6.45, 7) is 4.32. The molecule has 2 N–H and O–H groups in total. The predicted molar refractivity (Wildman–Crippen MR) is 110 cm³/mol. The van der Waals surface area contributed by atoms with Crippen molar-refractivity contribution in [2.75, 3.05) is 13.1 Å². The number of likely N-dealkylation sites (tertiary alicyclic amines) is 1. The molecule has 0 atom stereocenters. The molecular formula is C21H24ClN5O. The van der Waals surface area contributed by atoms with E-state index in [4.69, 9.17) is 11.6 Å². The molecule has 3 aromatic rings. The van der Waals surface area contributed by atoms with Gasteiger partial charge in [-0.15, -0.1) is 0 Å². The van der Waals surface area contributed by atoms with Crippen LogP contribution in [0.3, 0.4) is 0 Å². The molecule has 3 heterocycles. The Labute approximate surface area is 169 Å². The predicted octanol–water partition coefficient (Wildman–Crippen LogP) is 3.56. The standard InChI is InChI=1S/C21H24ClN5O/c1-15-6-11-27(25-15)19-4-2-16(3-5-19)13-23-18-7-9-26(10-8-18)21(28)20-12-17(22)14-24-20/h2-6,11-12,14,18,23-24H,7-10,13H2,1H3. The number of hydrogen-bond acceptors (Lipinski definition) is 3. The van der Waals surface area contributed by atoms with E-state index >= 15 is 0 Å². The number of halogens is 1. The molecule has 1 fully saturated rings. The van der Waals surface area contributed by atoms with Gasteiger partial charge in [0.25, 0.3) is 5.91 Å². The second-order valence-corrected chi connectivity index (χ2v) is 7.68. The normalized spacial score (nSPS) is 15.1. The molecule has 28 heavy (non-hydrogen) atoms. The molecular weight excluding hydrogens is 374 g/mol. The van der Waals surface area contributed by atoms with Crippen molar-refractivity contribution >= 4 is 17.5 Å². The van der Waals surface area contributed by atoms with Gasteiger partial charge in [0.15, 0.2) is 0 Å². The first-order valence-electron chi connectivity index (χ1n) is 9.56. The van der Waals surface area contributed by atoms with Gasteiger partial charge in [0.2, 0.25) is 0 Å². The number of hydrogen-bond donors (Lipinski definition) is 2. The molecule has 146 valence electrons. The molecule has 1 aromatic carbocycles. The number of piperidine rings is 1. The SMILES string of the molecule is Cc1ccn(-c2ccc(CNC3CCN(C(=O)c4cc(Cl)c[nH]4)CC3)cc2)n1. The summed E-state index contributed by atoms with van der Waals surface area (Å²) in [7, 11) is 0. The Hall–Kier alpha value is -2.57. The van der Waals surface area contributed by atoms with Crippen molar-refractivity contribution in [3.05, 3.63) is 70.8 Å². The van der Waals surface area contributed by atoms with Crippen LogP contribution in [0.25, 0.3) is 5.69 Å². The van der Waals surface area contributed by atoms with Crippen LogP contribution in [-0.2, 0) is 6.54 Å². The Bertz CT molecular complexity index is 938. The lowest BCUT2D eigenvalue weighted by molar-refractivity contribution is 0.0699. The Morgan fingerprint density at radius 3 is 2.61 bits per heavy atom. The average Bonchev–Trinajstić information content (AvgIpc) is 3.35. The van der Waals surface area contributed by atoms with E-state index in [-0.39, 0.29) is 5.91 Å². The molecule has 1 aliphatic heterocycles. The number of rotatable bonds is 5. The zero-order valence-electron chi connectivity index (χ0n) is 15.9. The number of amides is 1. The van der Waals surface area contributed by atoms with Crippen molar-refractivity contribution in [3.8, 4) is 5.69 Å². The van der Waals surface area contributed by atoms with E-state index in [9.17, 15) is 4.79 Å². The lowest BCUT2D eigenvalue weighted by Crippen LogP contribution is -2.44. The third-order valence-electron chi connectivity index (χ3n) is 5.18. The fourth-order valence-electron chi connectivity index (χ4n) is 3.54. The highest BCUT2D eigenvalue weighted by atomic mass is 35.5. The Kier molecular flexibility index (Phi) is 5.50. The summed E-state index contributed by atoms with van der Waals surface area (Å²) in [5.74, 6) is 0.0230. The monoisotopic (exact) mass is 397 g/mol. The van der Waals surface area contributed by atoms with E-state index in [2.05, 4.69) is 39.7 Å². The summed E-state index contributed by atoms with van der Waals surface area (Å²) >= 11 is 5.89. The van der Waals surface area contributed by atoms with Gasteiger partial charge in [0.05, 0.1) is 16.4 Å². The smallest absolute Gasteiger partial charge is 0.270 e. The van der Waals surface area contributed by atoms with E-state index < -0.39 is 0 Å². The first-order chi connectivity index (χ1) is 13.6. The van der Waals surface area contributed by atoms with Crippen molar-refractivity contribution in [3.63, 3.8) is 0 Å². The lowest BCUT2D eigenvalue weighted by Gasteiger charge is -2.32. The molecule has 2 aromatic heterocycles. The maximum absolute atomic E-state index is 12.5. The molecule has 1 saturated heterocycles. The number of aromatic nitrogens is 3. The van der Waals surface area contributed by atoms with E-state index in [0.29, 0.717) is 16.8 Å². The summed E-state index contributed by atoms with van der Waals surface area (Å²) in [5.41, 5.74) is 3.87. The lowest BCUT2D eigenvalue weighted by atomic mass is 10.0. The number of carbonyl (C=O) groups is 1. The van der Waals surface area contributed by atoms with Crippen LogP contribution in [0, 0.1) is 6.92 Å². The number of benzene rings is 1. The molecule has 0 spiro atoms. The minimum absolute atomic E-state index is 0.0230. The number of aryl methyl sites for hydroxylation is 1. The van der Waals surface area contributed by atoms with Crippen LogP contribution in [0.4, 0.5) is 0 Å².